The van der Waals surface area contributed by atoms with Gasteiger partial charge in [0, 0.05) is 13.1 Å². The van der Waals surface area contributed by atoms with Crippen molar-refractivity contribution < 1.29 is 14.3 Å². The molecule has 0 spiro atoms. The highest BCUT2D eigenvalue weighted by Crippen LogP contribution is 2.21. The van der Waals surface area contributed by atoms with Gasteiger partial charge in [-0.25, -0.2) is 9.78 Å². The lowest BCUT2D eigenvalue weighted by Crippen LogP contribution is -2.37. The molecular formula is C12H17N5O3. The summed E-state index contributed by atoms with van der Waals surface area (Å²) in [7, 11) is 1.32. The molecule has 2 rings (SSSR count). The van der Waals surface area contributed by atoms with Crippen molar-refractivity contribution >= 4 is 23.5 Å². The Morgan fingerprint density at radius 1 is 1.55 bits per heavy atom. The molecule has 2 heterocycles. The van der Waals surface area contributed by atoms with Gasteiger partial charge in [0.05, 0.1) is 30.6 Å². The number of alkyl carbamates (subject to hydrolysis) is 1. The number of ether oxygens (including phenoxy) is 1. The fourth-order valence-electron chi connectivity index (χ4n) is 2.15. The van der Waals surface area contributed by atoms with Gasteiger partial charge in [-0.15, -0.1) is 0 Å². The van der Waals surface area contributed by atoms with E-state index in [1.54, 1.807) is 6.07 Å². The maximum absolute atomic E-state index is 11.3. The van der Waals surface area contributed by atoms with Crippen molar-refractivity contribution in [1.82, 2.24) is 10.3 Å². The van der Waals surface area contributed by atoms with Crippen LogP contribution in [0.25, 0.3) is 0 Å². The highest BCUT2D eigenvalue weighted by molar-refractivity contribution is 5.98. The van der Waals surface area contributed by atoms with Crippen LogP contribution in [0.3, 0.4) is 0 Å². The Labute approximate surface area is 116 Å². The van der Waals surface area contributed by atoms with Crippen LogP contribution in [0.5, 0.6) is 0 Å². The zero-order valence-electron chi connectivity index (χ0n) is 11.1. The first kappa shape index (κ1) is 13.9. The highest BCUT2D eigenvalue weighted by Gasteiger charge is 2.25. The van der Waals surface area contributed by atoms with Gasteiger partial charge in [0.1, 0.15) is 5.82 Å². The van der Waals surface area contributed by atoms with Crippen LogP contribution >= 0.6 is 0 Å². The largest absolute Gasteiger partial charge is 0.453 e. The maximum atomic E-state index is 11.3. The van der Waals surface area contributed by atoms with Crippen LogP contribution in [0.1, 0.15) is 16.8 Å². The Hall–Kier alpha value is -2.51. The van der Waals surface area contributed by atoms with Crippen molar-refractivity contribution in [1.29, 1.82) is 0 Å². The number of methoxy groups -OCH3 is 1. The second-order valence-corrected chi connectivity index (χ2v) is 4.56. The number of nitrogens with two attached hydrogens (primary N) is 2. The SMILES string of the molecule is COC(=O)NC1CCN(c2cc(C(N)=O)c(N)cn2)C1. The highest BCUT2D eigenvalue weighted by atomic mass is 16.5. The zero-order chi connectivity index (χ0) is 14.7. The number of carbonyl (C=O) groups excluding carboxylic acids is 2. The quantitative estimate of drug-likeness (QED) is 0.697. The molecule has 1 unspecified atom stereocenters. The third-order valence-corrected chi connectivity index (χ3v) is 3.21. The van der Waals surface area contributed by atoms with Crippen molar-refractivity contribution in [3.63, 3.8) is 0 Å². The monoisotopic (exact) mass is 279 g/mol. The van der Waals surface area contributed by atoms with Gasteiger partial charge in [0.25, 0.3) is 5.91 Å². The number of nitrogens with one attached hydrogen (secondary N) is 1. The number of primary amides is 1. The number of rotatable bonds is 3. The van der Waals surface area contributed by atoms with Crippen LogP contribution in [0.4, 0.5) is 16.3 Å². The topological polar surface area (TPSA) is 124 Å². The Morgan fingerprint density at radius 2 is 2.30 bits per heavy atom. The van der Waals surface area contributed by atoms with E-state index in [4.69, 9.17) is 11.5 Å². The van der Waals surface area contributed by atoms with E-state index in [1.807, 2.05) is 4.90 Å². The van der Waals surface area contributed by atoms with Gasteiger partial charge in [-0.05, 0) is 12.5 Å². The fraction of sp³-hybridized carbons (Fsp3) is 0.417. The lowest BCUT2D eigenvalue weighted by molar-refractivity contribution is 0.100. The molecule has 1 aromatic heterocycles. The minimum Gasteiger partial charge on any atom is -0.453 e. The smallest absolute Gasteiger partial charge is 0.407 e. The van der Waals surface area contributed by atoms with Crippen LogP contribution in [0.2, 0.25) is 0 Å². The van der Waals surface area contributed by atoms with Crippen molar-refractivity contribution in [2.24, 2.45) is 5.73 Å². The molecule has 108 valence electrons. The van der Waals surface area contributed by atoms with Gasteiger partial charge in [-0.3, -0.25) is 4.79 Å². The molecule has 1 aliphatic rings. The van der Waals surface area contributed by atoms with E-state index in [-0.39, 0.29) is 17.3 Å². The molecule has 8 nitrogen and oxygen atoms in total. The lowest BCUT2D eigenvalue weighted by Gasteiger charge is -2.18. The number of hydrogen-bond donors (Lipinski definition) is 3. The predicted octanol–water partition coefficient (Wildman–Crippen LogP) is -0.303. The number of carbonyl (C=O) groups is 2. The number of amides is 2. The standard InChI is InChI=1S/C12H17N5O3/c1-20-12(19)16-7-2-3-17(6-7)10-4-8(11(14)18)9(13)5-15-10/h4-5,7H,2-3,6,13H2,1H3,(H2,14,18)(H,16,19). The molecule has 8 heteroatoms. The summed E-state index contributed by atoms with van der Waals surface area (Å²) in [6.07, 6.45) is 1.73. The minimum absolute atomic E-state index is 0.0150. The van der Waals surface area contributed by atoms with E-state index in [2.05, 4.69) is 15.0 Å². The van der Waals surface area contributed by atoms with Crippen molar-refractivity contribution in [2.75, 3.05) is 30.8 Å². The summed E-state index contributed by atoms with van der Waals surface area (Å²) in [6, 6.07) is 1.55. The lowest BCUT2D eigenvalue weighted by atomic mass is 10.2. The first-order chi connectivity index (χ1) is 9.51. The Morgan fingerprint density at radius 3 is 2.95 bits per heavy atom. The van der Waals surface area contributed by atoms with E-state index in [0.29, 0.717) is 18.9 Å². The number of nitrogen functional groups attached to an aromatic ring is 1. The number of hydrogen-bond acceptors (Lipinski definition) is 6. The average Bonchev–Trinajstić information content (AvgIpc) is 2.87. The van der Waals surface area contributed by atoms with Crippen molar-refractivity contribution in [3.05, 3.63) is 17.8 Å². The first-order valence-electron chi connectivity index (χ1n) is 6.16. The van der Waals surface area contributed by atoms with E-state index in [1.165, 1.54) is 13.3 Å². The summed E-state index contributed by atoms with van der Waals surface area (Å²) in [6.45, 7) is 1.30. The molecule has 0 aliphatic carbocycles. The summed E-state index contributed by atoms with van der Waals surface area (Å²) in [5.41, 5.74) is 11.4. The molecule has 0 bridgehead atoms. The second kappa shape index (κ2) is 5.64. The molecule has 1 atom stereocenters. The number of pyridine rings is 1. The molecule has 0 saturated carbocycles. The summed E-state index contributed by atoms with van der Waals surface area (Å²) < 4.78 is 4.56. The molecule has 1 fully saturated rings. The second-order valence-electron chi connectivity index (χ2n) is 4.56. The average molecular weight is 279 g/mol. The van der Waals surface area contributed by atoms with Gasteiger partial charge in [-0.1, -0.05) is 0 Å². The van der Waals surface area contributed by atoms with Crippen LogP contribution in [-0.2, 0) is 4.74 Å². The fourth-order valence-corrected chi connectivity index (χ4v) is 2.15. The summed E-state index contributed by atoms with van der Waals surface area (Å²) >= 11 is 0. The van der Waals surface area contributed by atoms with Gasteiger partial charge >= 0.3 is 6.09 Å². The van der Waals surface area contributed by atoms with Gasteiger partial charge in [0.15, 0.2) is 0 Å². The Balaban J connectivity index is 2.08. The van der Waals surface area contributed by atoms with E-state index in [0.717, 1.165) is 6.42 Å². The number of anilines is 2. The third kappa shape index (κ3) is 2.90. The number of aromatic nitrogens is 1. The normalized spacial score (nSPS) is 17.9. The molecule has 1 aliphatic heterocycles. The Bertz CT molecular complexity index is 534. The van der Waals surface area contributed by atoms with Crippen LogP contribution in [-0.4, -0.2) is 43.2 Å². The molecule has 1 aromatic rings. The molecule has 2 amide bonds. The van der Waals surface area contributed by atoms with Crippen molar-refractivity contribution in [2.45, 2.75) is 12.5 Å². The first-order valence-corrected chi connectivity index (χ1v) is 6.16. The summed E-state index contributed by atoms with van der Waals surface area (Å²) in [4.78, 5) is 28.6. The van der Waals surface area contributed by atoms with E-state index < -0.39 is 12.0 Å². The van der Waals surface area contributed by atoms with E-state index >= 15 is 0 Å². The van der Waals surface area contributed by atoms with Gasteiger partial charge < -0.3 is 26.4 Å². The van der Waals surface area contributed by atoms with Crippen LogP contribution in [0, 0.1) is 0 Å². The number of nitrogens with zero attached hydrogens (tertiary/aromatic N) is 2. The minimum atomic E-state index is -0.588. The predicted molar refractivity (Wildman–Crippen MR) is 73.3 cm³/mol. The zero-order valence-corrected chi connectivity index (χ0v) is 11.1. The van der Waals surface area contributed by atoms with Crippen LogP contribution < -0.4 is 21.7 Å². The van der Waals surface area contributed by atoms with E-state index in [9.17, 15) is 9.59 Å². The third-order valence-electron chi connectivity index (χ3n) is 3.21. The molecule has 5 N–H and O–H groups in total. The molecular weight excluding hydrogens is 262 g/mol. The molecule has 0 aromatic carbocycles. The van der Waals surface area contributed by atoms with Crippen molar-refractivity contribution in [3.8, 4) is 0 Å². The Kier molecular flexibility index (Phi) is 3.92. The summed E-state index contributed by atoms with van der Waals surface area (Å²) in [5, 5.41) is 2.73. The maximum Gasteiger partial charge on any atom is 0.407 e. The van der Waals surface area contributed by atoms with Gasteiger partial charge in [-0.2, -0.15) is 0 Å². The van der Waals surface area contributed by atoms with Gasteiger partial charge in [0.2, 0.25) is 0 Å². The van der Waals surface area contributed by atoms with Crippen LogP contribution in [0.15, 0.2) is 12.3 Å². The molecule has 0 radical (unpaired) electrons. The summed E-state index contributed by atoms with van der Waals surface area (Å²) in [5.74, 6) is 0.0248. The molecule has 1 saturated heterocycles. The molecule has 20 heavy (non-hydrogen) atoms.